The number of ether oxygens (including phenoxy) is 2. The molecule has 0 amide bonds. The molecule has 5 aromatic rings. The fourth-order valence-corrected chi connectivity index (χ4v) is 4.82. The number of carboxylic acids is 1. The van der Waals surface area contributed by atoms with Crippen LogP contribution < -0.4 is 15.0 Å². The predicted octanol–water partition coefficient (Wildman–Crippen LogP) is 7.05. The van der Waals surface area contributed by atoms with E-state index < -0.39 is 5.97 Å². The van der Waals surface area contributed by atoms with Crippen LogP contribution in [0.25, 0.3) is 22.3 Å². The van der Waals surface area contributed by atoms with Crippen molar-refractivity contribution < 1.29 is 19.4 Å². The van der Waals surface area contributed by atoms with Gasteiger partial charge in [-0.25, -0.2) is 9.78 Å². The summed E-state index contributed by atoms with van der Waals surface area (Å²) in [6.07, 6.45) is 1.59. The summed E-state index contributed by atoms with van der Waals surface area (Å²) in [6.45, 7) is 8.93. The average molecular weight is 576 g/mol. The zero-order valence-corrected chi connectivity index (χ0v) is 24.6. The van der Waals surface area contributed by atoms with Gasteiger partial charge < -0.3 is 14.6 Å². The standard InChI is InChI=1S/C35H33N3O5/c1-5-42-32-18-23(4)29(19-28(32)22(2)3)33-37-30-12-8-7-11-27(30)34(39)38(33)36-20-26-10-6-9-13-31(26)43-21-24-14-16-25(17-15-24)35(40)41/h6-20,22H,5,21H2,1-4H3,(H,40,41). The Bertz CT molecular complexity index is 1870. The van der Waals surface area contributed by atoms with Crippen LogP contribution in [0.15, 0.2) is 94.8 Å². The van der Waals surface area contributed by atoms with E-state index in [0.29, 0.717) is 34.6 Å². The number of nitrogens with zero attached hydrogens (tertiary/aromatic N) is 3. The van der Waals surface area contributed by atoms with Crippen LogP contribution in [0, 0.1) is 6.92 Å². The van der Waals surface area contributed by atoms with Gasteiger partial charge in [0.2, 0.25) is 0 Å². The van der Waals surface area contributed by atoms with Crippen LogP contribution in [0.5, 0.6) is 11.5 Å². The molecule has 0 fully saturated rings. The lowest BCUT2D eigenvalue weighted by molar-refractivity contribution is 0.0697. The van der Waals surface area contributed by atoms with Crippen LogP contribution >= 0.6 is 0 Å². The second-order valence-electron chi connectivity index (χ2n) is 10.4. The number of hydrogen-bond acceptors (Lipinski definition) is 6. The first-order chi connectivity index (χ1) is 20.8. The van der Waals surface area contributed by atoms with Gasteiger partial charge in [0, 0.05) is 11.1 Å². The number of para-hydroxylation sites is 2. The third-order valence-electron chi connectivity index (χ3n) is 7.10. The summed E-state index contributed by atoms with van der Waals surface area (Å²) in [5, 5.41) is 14.3. The van der Waals surface area contributed by atoms with E-state index in [1.165, 1.54) is 4.68 Å². The second kappa shape index (κ2) is 12.7. The smallest absolute Gasteiger partial charge is 0.335 e. The fraction of sp³-hybridized carbons (Fsp3) is 0.200. The van der Waals surface area contributed by atoms with Gasteiger partial charge in [-0.2, -0.15) is 9.78 Å². The maximum absolute atomic E-state index is 13.8. The second-order valence-corrected chi connectivity index (χ2v) is 10.4. The molecule has 1 aromatic heterocycles. The van der Waals surface area contributed by atoms with E-state index in [-0.39, 0.29) is 23.6 Å². The van der Waals surface area contributed by atoms with Crippen LogP contribution in [0.4, 0.5) is 0 Å². The Balaban J connectivity index is 1.57. The van der Waals surface area contributed by atoms with E-state index in [1.54, 1.807) is 36.5 Å². The molecular formula is C35H33N3O5. The monoisotopic (exact) mass is 575 g/mol. The molecule has 0 radical (unpaired) electrons. The molecule has 218 valence electrons. The van der Waals surface area contributed by atoms with Crippen molar-refractivity contribution in [3.63, 3.8) is 0 Å². The molecule has 1 heterocycles. The molecule has 0 bridgehead atoms. The number of aromatic carboxylic acids is 1. The van der Waals surface area contributed by atoms with Gasteiger partial charge in [-0.3, -0.25) is 4.79 Å². The number of benzene rings is 4. The molecule has 0 aliphatic carbocycles. The summed E-state index contributed by atoms with van der Waals surface area (Å²) < 4.78 is 13.3. The third-order valence-corrected chi connectivity index (χ3v) is 7.10. The molecular weight excluding hydrogens is 542 g/mol. The number of fused-ring (bicyclic) bond motifs is 1. The highest BCUT2D eigenvalue weighted by Gasteiger charge is 2.18. The minimum Gasteiger partial charge on any atom is -0.494 e. The van der Waals surface area contributed by atoms with Gasteiger partial charge in [-0.1, -0.05) is 50.2 Å². The van der Waals surface area contributed by atoms with Crippen molar-refractivity contribution in [3.8, 4) is 22.9 Å². The van der Waals surface area contributed by atoms with Crippen LogP contribution in [0.2, 0.25) is 0 Å². The minimum atomic E-state index is -0.979. The normalized spacial score (nSPS) is 11.4. The topological polar surface area (TPSA) is 103 Å². The molecule has 4 aromatic carbocycles. The van der Waals surface area contributed by atoms with E-state index >= 15 is 0 Å². The SMILES string of the molecule is CCOc1cc(C)c(-c2nc3ccccc3c(=O)n2N=Cc2ccccc2OCc2ccc(C(=O)O)cc2)cc1C(C)C. The Morgan fingerprint density at radius 3 is 2.42 bits per heavy atom. The molecule has 43 heavy (non-hydrogen) atoms. The molecule has 8 nitrogen and oxygen atoms in total. The Hall–Kier alpha value is -5.24. The summed E-state index contributed by atoms with van der Waals surface area (Å²) in [6, 6.07) is 25.2. The molecule has 0 saturated heterocycles. The summed E-state index contributed by atoms with van der Waals surface area (Å²) in [7, 11) is 0. The number of aromatic nitrogens is 2. The van der Waals surface area contributed by atoms with Gasteiger partial charge in [0.25, 0.3) is 5.56 Å². The molecule has 5 rings (SSSR count). The lowest BCUT2D eigenvalue weighted by atomic mass is 9.96. The Labute approximate surface area is 249 Å². The lowest BCUT2D eigenvalue weighted by Crippen LogP contribution is -2.21. The van der Waals surface area contributed by atoms with E-state index in [2.05, 4.69) is 18.9 Å². The van der Waals surface area contributed by atoms with E-state index in [1.807, 2.05) is 68.4 Å². The van der Waals surface area contributed by atoms with Crippen LogP contribution in [-0.2, 0) is 6.61 Å². The first-order valence-electron chi connectivity index (χ1n) is 14.1. The number of carbonyl (C=O) groups is 1. The molecule has 0 spiro atoms. The molecule has 0 atom stereocenters. The van der Waals surface area contributed by atoms with Crippen molar-refractivity contribution in [2.24, 2.45) is 5.10 Å². The molecule has 1 N–H and O–H groups in total. The van der Waals surface area contributed by atoms with Crippen molar-refractivity contribution in [1.29, 1.82) is 0 Å². The van der Waals surface area contributed by atoms with E-state index in [4.69, 9.17) is 19.6 Å². The first-order valence-corrected chi connectivity index (χ1v) is 14.1. The number of carboxylic acid groups (broad SMARTS) is 1. The fourth-order valence-electron chi connectivity index (χ4n) is 4.82. The average Bonchev–Trinajstić information content (AvgIpc) is 3.00. The molecule has 0 saturated carbocycles. The Morgan fingerprint density at radius 2 is 1.70 bits per heavy atom. The lowest BCUT2D eigenvalue weighted by Gasteiger charge is -2.18. The van der Waals surface area contributed by atoms with Crippen LogP contribution in [0.3, 0.4) is 0 Å². The molecule has 0 aliphatic rings. The number of aryl methyl sites for hydroxylation is 1. The number of rotatable bonds is 10. The quantitative estimate of drug-likeness (QED) is 0.179. The summed E-state index contributed by atoms with van der Waals surface area (Å²) in [5.41, 5.74) is 4.74. The maximum Gasteiger partial charge on any atom is 0.335 e. The molecule has 0 aliphatic heterocycles. The van der Waals surface area contributed by atoms with Gasteiger partial charge in [0.05, 0.1) is 29.3 Å². The summed E-state index contributed by atoms with van der Waals surface area (Å²) in [4.78, 5) is 29.9. The largest absolute Gasteiger partial charge is 0.494 e. The third kappa shape index (κ3) is 6.33. The van der Waals surface area contributed by atoms with Crippen molar-refractivity contribution in [1.82, 2.24) is 9.66 Å². The molecule has 0 unspecified atom stereocenters. The van der Waals surface area contributed by atoms with Crippen LogP contribution in [0.1, 0.15) is 59.3 Å². The van der Waals surface area contributed by atoms with Gasteiger partial charge in [-0.15, -0.1) is 0 Å². The van der Waals surface area contributed by atoms with Gasteiger partial charge in [0.15, 0.2) is 5.82 Å². The van der Waals surface area contributed by atoms with Crippen molar-refractivity contribution >= 4 is 23.1 Å². The van der Waals surface area contributed by atoms with Gasteiger partial charge in [0.1, 0.15) is 18.1 Å². The maximum atomic E-state index is 13.8. The highest BCUT2D eigenvalue weighted by atomic mass is 16.5. The Kier molecular flexibility index (Phi) is 8.66. The predicted molar refractivity (Wildman–Crippen MR) is 169 cm³/mol. The van der Waals surface area contributed by atoms with Gasteiger partial charge in [-0.05, 0) is 85.0 Å². The molecule has 8 heteroatoms. The first kappa shape index (κ1) is 29.3. The minimum absolute atomic E-state index is 0.189. The zero-order chi connectivity index (χ0) is 30.5. The summed E-state index contributed by atoms with van der Waals surface area (Å²) in [5.74, 6) is 1.03. The van der Waals surface area contributed by atoms with Gasteiger partial charge >= 0.3 is 5.97 Å². The Morgan fingerprint density at radius 1 is 0.977 bits per heavy atom. The van der Waals surface area contributed by atoms with Crippen molar-refractivity contribution in [3.05, 3.63) is 123 Å². The van der Waals surface area contributed by atoms with Crippen LogP contribution in [-0.4, -0.2) is 33.6 Å². The number of hydrogen-bond donors (Lipinski definition) is 1. The van der Waals surface area contributed by atoms with Crippen molar-refractivity contribution in [2.45, 2.75) is 40.2 Å². The summed E-state index contributed by atoms with van der Waals surface area (Å²) >= 11 is 0. The van der Waals surface area contributed by atoms with Crippen molar-refractivity contribution in [2.75, 3.05) is 6.61 Å². The highest BCUT2D eigenvalue weighted by Crippen LogP contribution is 2.34. The zero-order valence-electron chi connectivity index (χ0n) is 24.6. The highest BCUT2D eigenvalue weighted by molar-refractivity contribution is 5.87. The van der Waals surface area contributed by atoms with E-state index in [0.717, 1.165) is 28.0 Å². The van der Waals surface area contributed by atoms with E-state index in [9.17, 15) is 9.59 Å².